The van der Waals surface area contributed by atoms with Gasteiger partial charge in [-0.1, -0.05) is 35.9 Å². The third-order valence-corrected chi connectivity index (χ3v) is 5.56. The number of benzene rings is 2. The van der Waals surface area contributed by atoms with E-state index in [1.165, 1.54) is 5.39 Å². The molecule has 5 heteroatoms. The summed E-state index contributed by atoms with van der Waals surface area (Å²) in [5.74, 6) is 0.894. The maximum Gasteiger partial charge on any atom is 0.143 e. The number of pyridine rings is 1. The van der Waals surface area contributed by atoms with E-state index in [0.29, 0.717) is 0 Å². The zero-order valence-corrected chi connectivity index (χ0v) is 18.4. The lowest BCUT2D eigenvalue weighted by molar-refractivity contribution is 0.386. The Labute approximate surface area is 182 Å². The molecule has 4 aromatic rings. The molecule has 0 aliphatic carbocycles. The normalized spacial score (nSPS) is 11.4. The minimum atomic E-state index is 0.732. The first-order chi connectivity index (χ1) is 14.6. The number of methoxy groups -OCH3 is 1. The van der Waals surface area contributed by atoms with Crippen LogP contribution in [0, 0.1) is 0 Å². The first-order valence-electron chi connectivity index (χ1n) is 10.1. The van der Waals surface area contributed by atoms with Gasteiger partial charge in [0, 0.05) is 52.2 Å². The van der Waals surface area contributed by atoms with Gasteiger partial charge < -0.3 is 14.2 Å². The highest BCUT2D eigenvalue weighted by Crippen LogP contribution is 2.36. The molecule has 0 atom stereocenters. The molecule has 0 fully saturated rings. The standard InChI is InChI=1S/C25H26ClN3O/c1-28(2)12-5-13-29-17-23(22-6-4-7-24(30-3)25(22)29)20-14-19(15-27-16-20)18-8-10-21(26)11-9-18/h4,6-11,14-17H,5,12-13H2,1-3H3. The predicted octanol–water partition coefficient (Wildman–Crippen LogP) is 5.98. The van der Waals surface area contributed by atoms with Crippen molar-refractivity contribution in [2.75, 3.05) is 27.7 Å². The SMILES string of the molecule is COc1cccc2c(-c3cncc(-c4ccc(Cl)cc4)c3)cn(CCCN(C)C)c12. The van der Waals surface area contributed by atoms with Gasteiger partial charge in [-0.25, -0.2) is 0 Å². The molecule has 0 bridgehead atoms. The molecule has 0 aliphatic rings. The lowest BCUT2D eigenvalue weighted by Gasteiger charge is -2.11. The third kappa shape index (κ3) is 4.20. The van der Waals surface area contributed by atoms with Gasteiger partial charge in [-0.3, -0.25) is 4.98 Å². The molecule has 0 radical (unpaired) electrons. The Balaban J connectivity index is 1.79. The molecule has 0 N–H and O–H groups in total. The van der Waals surface area contributed by atoms with Crippen LogP contribution in [0.5, 0.6) is 5.75 Å². The van der Waals surface area contributed by atoms with Gasteiger partial charge in [-0.15, -0.1) is 0 Å². The number of hydrogen-bond donors (Lipinski definition) is 0. The topological polar surface area (TPSA) is 30.3 Å². The molecule has 0 spiro atoms. The molecule has 2 aromatic carbocycles. The molecule has 4 nitrogen and oxygen atoms in total. The smallest absolute Gasteiger partial charge is 0.143 e. The zero-order valence-electron chi connectivity index (χ0n) is 17.6. The molecule has 0 saturated heterocycles. The van der Waals surface area contributed by atoms with Crippen LogP contribution in [0.25, 0.3) is 33.2 Å². The summed E-state index contributed by atoms with van der Waals surface area (Å²) < 4.78 is 8.00. The van der Waals surface area contributed by atoms with Gasteiger partial charge in [0.2, 0.25) is 0 Å². The van der Waals surface area contributed by atoms with Crippen LogP contribution in [0.4, 0.5) is 0 Å². The van der Waals surface area contributed by atoms with Crippen LogP contribution in [0.1, 0.15) is 6.42 Å². The van der Waals surface area contributed by atoms with Crippen molar-refractivity contribution in [1.82, 2.24) is 14.5 Å². The minimum Gasteiger partial charge on any atom is -0.495 e. The lowest BCUT2D eigenvalue weighted by atomic mass is 10.0. The number of rotatable bonds is 7. The number of aryl methyl sites for hydroxylation is 1. The largest absolute Gasteiger partial charge is 0.495 e. The average molecular weight is 420 g/mol. The zero-order chi connectivity index (χ0) is 21.1. The Morgan fingerprint density at radius 2 is 1.77 bits per heavy atom. The van der Waals surface area contributed by atoms with Gasteiger partial charge in [0.15, 0.2) is 0 Å². The van der Waals surface area contributed by atoms with Crippen molar-refractivity contribution in [1.29, 1.82) is 0 Å². The van der Waals surface area contributed by atoms with E-state index in [4.69, 9.17) is 16.3 Å². The van der Waals surface area contributed by atoms with Crippen molar-refractivity contribution in [3.63, 3.8) is 0 Å². The van der Waals surface area contributed by atoms with Crippen molar-refractivity contribution in [3.05, 3.63) is 72.1 Å². The third-order valence-electron chi connectivity index (χ3n) is 5.31. The van der Waals surface area contributed by atoms with Crippen LogP contribution in [-0.4, -0.2) is 42.2 Å². The number of hydrogen-bond acceptors (Lipinski definition) is 3. The molecule has 2 aromatic heterocycles. The van der Waals surface area contributed by atoms with Crippen LogP contribution in [0.15, 0.2) is 67.1 Å². The molecule has 0 saturated carbocycles. The molecule has 2 heterocycles. The molecule has 0 aliphatic heterocycles. The van der Waals surface area contributed by atoms with E-state index in [1.54, 1.807) is 7.11 Å². The summed E-state index contributed by atoms with van der Waals surface area (Å²) >= 11 is 6.05. The monoisotopic (exact) mass is 419 g/mol. The molecule has 0 amide bonds. The first-order valence-corrected chi connectivity index (χ1v) is 10.5. The summed E-state index contributed by atoms with van der Waals surface area (Å²) in [5.41, 5.74) is 5.55. The molecule has 154 valence electrons. The Morgan fingerprint density at radius 3 is 2.50 bits per heavy atom. The second-order valence-electron chi connectivity index (χ2n) is 7.72. The van der Waals surface area contributed by atoms with E-state index in [2.05, 4.69) is 46.9 Å². The van der Waals surface area contributed by atoms with Crippen molar-refractivity contribution in [2.24, 2.45) is 0 Å². The maximum atomic E-state index is 6.05. The van der Waals surface area contributed by atoms with Gasteiger partial charge in [-0.2, -0.15) is 0 Å². The molecular formula is C25H26ClN3O. The Hall–Kier alpha value is -2.82. The molecular weight excluding hydrogens is 394 g/mol. The number of fused-ring (bicyclic) bond motifs is 1. The summed E-state index contributed by atoms with van der Waals surface area (Å²) in [6.07, 6.45) is 7.12. The van der Waals surface area contributed by atoms with Gasteiger partial charge in [0.25, 0.3) is 0 Å². The summed E-state index contributed by atoms with van der Waals surface area (Å²) in [5, 5.41) is 1.91. The Bertz CT molecular complexity index is 1150. The van der Waals surface area contributed by atoms with E-state index < -0.39 is 0 Å². The van der Waals surface area contributed by atoms with Crippen LogP contribution < -0.4 is 4.74 Å². The lowest BCUT2D eigenvalue weighted by Crippen LogP contribution is -2.14. The van der Waals surface area contributed by atoms with E-state index >= 15 is 0 Å². The quantitative estimate of drug-likeness (QED) is 0.369. The fraction of sp³-hybridized carbons (Fsp3) is 0.240. The fourth-order valence-electron chi connectivity index (χ4n) is 3.84. The number of aromatic nitrogens is 2. The highest BCUT2D eigenvalue weighted by atomic mass is 35.5. The van der Waals surface area contributed by atoms with Gasteiger partial charge in [0.1, 0.15) is 5.75 Å². The van der Waals surface area contributed by atoms with Crippen molar-refractivity contribution < 1.29 is 4.74 Å². The van der Waals surface area contributed by atoms with E-state index in [9.17, 15) is 0 Å². The summed E-state index contributed by atoms with van der Waals surface area (Å²) in [7, 11) is 5.94. The van der Waals surface area contributed by atoms with Gasteiger partial charge in [0.05, 0.1) is 12.6 Å². The summed E-state index contributed by atoms with van der Waals surface area (Å²) in [6, 6.07) is 16.3. The van der Waals surface area contributed by atoms with E-state index in [-0.39, 0.29) is 0 Å². The van der Waals surface area contributed by atoms with Crippen molar-refractivity contribution in [3.8, 4) is 28.0 Å². The van der Waals surface area contributed by atoms with Crippen LogP contribution in [0.3, 0.4) is 0 Å². The number of ether oxygens (including phenoxy) is 1. The highest BCUT2D eigenvalue weighted by Gasteiger charge is 2.15. The average Bonchev–Trinajstić information content (AvgIpc) is 3.13. The Kier molecular flexibility index (Phi) is 6.07. The summed E-state index contributed by atoms with van der Waals surface area (Å²) in [4.78, 5) is 6.74. The molecule has 0 unspecified atom stereocenters. The molecule has 30 heavy (non-hydrogen) atoms. The second kappa shape index (κ2) is 8.90. The van der Waals surface area contributed by atoms with Crippen LogP contribution in [-0.2, 0) is 6.54 Å². The summed E-state index contributed by atoms with van der Waals surface area (Å²) in [6.45, 7) is 1.97. The Morgan fingerprint density at radius 1 is 1.00 bits per heavy atom. The van der Waals surface area contributed by atoms with Crippen LogP contribution in [0.2, 0.25) is 5.02 Å². The van der Waals surface area contributed by atoms with Crippen molar-refractivity contribution >= 4 is 22.5 Å². The fourth-order valence-corrected chi connectivity index (χ4v) is 3.97. The number of nitrogens with zero attached hydrogens (tertiary/aromatic N) is 3. The number of para-hydroxylation sites is 1. The van der Waals surface area contributed by atoms with Crippen molar-refractivity contribution in [2.45, 2.75) is 13.0 Å². The van der Waals surface area contributed by atoms with Crippen LogP contribution >= 0.6 is 11.6 Å². The first kappa shape index (κ1) is 20.5. The highest BCUT2D eigenvalue weighted by molar-refractivity contribution is 6.30. The van der Waals surface area contributed by atoms with E-state index in [1.807, 2.05) is 48.8 Å². The predicted molar refractivity (Wildman–Crippen MR) is 125 cm³/mol. The molecule has 4 rings (SSSR count). The van der Waals surface area contributed by atoms with Gasteiger partial charge >= 0.3 is 0 Å². The van der Waals surface area contributed by atoms with Gasteiger partial charge in [-0.05, 0) is 56.9 Å². The maximum absolute atomic E-state index is 6.05. The van der Waals surface area contributed by atoms with E-state index in [0.717, 1.165) is 58.1 Å². The minimum absolute atomic E-state index is 0.732. The second-order valence-corrected chi connectivity index (χ2v) is 8.16. The number of halogens is 1.